The summed E-state index contributed by atoms with van der Waals surface area (Å²) in [5.41, 5.74) is 1.61. The van der Waals surface area contributed by atoms with Crippen molar-refractivity contribution in [1.82, 2.24) is 9.88 Å². The van der Waals surface area contributed by atoms with Crippen molar-refractivity contribution in [3.05, 3.63) is 62.6 Å². The van der Waals surface area contributed by atoms with E-state index in [1.807, 2.05) is 19.1 Å². The number of amidine groups is 1. The number of pyridine rings is 1. The molecule has 3 rings (SSSR count). The Morgan fingerprint density at radius 3 is 2.75 bits per heavy atom. The van der Waals surface area contributed by atoms with Crippen molar-refractivity contribution in [1.29, 1.82) is 0 Å². The standard InChI is InChI=1S/C17H13Cl2N3OS/c1-10-4-3-5-15(20-10)21-17-22(2)16(23)14(24-17)8-11-6-7-12(18)9-13(11)19/h3-9H,1-2H3/b14-8-,21-17+. The first-order valence-corrected chi connectivity index (χ1v) is 8.66. The second kappa shape index (κ2) is 6.97. The van der Waals surface area contributed by atoms with E-state index in [1.54, 1.807) is 37.4 Å². The lowest BCUT2D eigenvalue weighted by molar-refractivity contribution is -0.121. The van der Waals surface area contributed by atoms with Gasteiger partial charge in [0.15, 0.2) is 11.0 Å². The van der Waals surface area contributed by atoms with Crippen LogP contribution in [-0.4, -0.2) is 28.0 Å². The number of aromatic nitrogens is 1. The van der Waals surface area contributed by atoms with Gasteiger partial charge in [0.2, 0.25) is 0 Å². The zero-order chi connectivity index (χ0) is 17.3. The number of carbonyl (C=O) groups excluding carboxylic acids is 1. The van der Waals surface area contributed by atoms with Gasteiger partial charge in [-0.1, -0.05) is 35.3 Å². The summed E-state index contributed by atoms with van der Waals surface area (Å²) >= 11 is 13.4. The number of hydrogen-bond acceptors (Lipinski definition) is 4. The van der Waals surface area contributed by atoms with Gasteiger partial charge in [-0.2, -0.15) is 0 Å². The summed E-state index contributed by atoms with van der Waals surface area (Å²) in [6.07, 6.45) is 1.74. The molecule has 7 heteroatoms. The third-order valence-corrected chi connectivity index (χ3v) is 4.96. The molecule has 1 fully saturated rings. The Labute approximate surface area is 154 Å². The molecule has 0 saturated carbocycles. The van der Waals surface area contributed by atoms with Crippen LogP contribution in [0.1, 0.15) is 11.3 Å². The first-order valence-electron chi connectivity index (χ1n) is 7.09. The predicted molar refractivity (Wildman–Crippen MR) is 101 cm³/mol. The Morgan fingerprint density at radius 1 is 1.25 bits per heavy atom. The zero-order valence-corrected chi connectivity index (χ0v) is 15.3. The van der Waals surface area contributed by atoms with Crippen molar-refractivity contribution < 1.29 is 4.79 Å². The van der Waals surface area contributed by atoms with Crippen molar-refractivity contribution in [2.45, 2.75) is 6.92 Å². The van der Waals surface area contributed by atoms with Gasteiger partial charge < -0.3 is 0 Å². The Balaban J connectivity index is 1.92. The molecule has 0 radical (unpaired) electrons. The van der Waals surface area contributed by atoms with Crippen LogP contribution >= 0.6 is 35.0 Å². The number of nitrogens with zero attached hydrogens (tertiary/aromatic N) is 3. The maximum atomic E-state index is 12.4. The molecular weight excluding hydrogens is 365 g/mol. The normalized spacial score (nSPS) is 18.0. The van der Waals surface area contributed by atoms with E-state index < -0.39 is 0 Å². The van der Waals surface area contributed by atoms with Crippen molar-refractivity contribution in [3.8, 4) is 0 Å². The number of aryl methyl sites for hydroxylation is 1. The Morgan fingerprint density at radius 2 is 2.04 bits per heavy atom. The summed E-state index contributed by atoms with van der Waals surface area (Å²) in [6.45, 7) is 1.90. The molecule has 2 aromatic rings. The third-order valence-electron chi connectivity index (χ3n) is 3.34. The minimum absolute atomic E-state index is 0.127. The van der Waals surface area contributed by atoms with E-state index in [4.69, 9.17) is 23.2 Å². The van der Waals surface area contributed by atoms with Crippen molar-refractivity contribution in [3.63, 3.8) is 0 Å². The van der Waals surface area contributed by atoms with E-state index in [9.17, 15) is 4.79 Å². The molecule has 4 nitrogen and oxygen atoms in total. The molecule has 1 aliphatic heterocycles. The van der Waals surface area contributed by atoms with Crippen molar-refractivity contribution in [2.24, 2.45) is 4.99 Å². The van der Waals surface area contributed by atoms with Crippen LogP contribution in [0.5, 0.6) is 0 Å². The molecule has 0 unspecified atom stereocenters. The lowest BCUT2D eigenvalue weighted by Crippen LogP contribution is -2.23. The topological polar surface area (TPSA) is 45.6 Å². The van der Waals surface area contributed by atoms with Crippen LogP contribution in [0.4, 0.5) is 5.82 Å². The van der Waals surface area contributed by atoms with Gasteiger partial charge in [-0.15, -0.1) is 0 Å². The Hall–Kier alpha value is -1.82. The molecule has 1 amide bonds. The van der Waals surface area contributed by atoms with E-state index in [2.05, 4.69) is 9.98 Å². The number of benzene rings is 1. The van der Waals surface area contributed by atoms with Crippen LogP contribution in [0.25, 0.3) is 6.08 Å². The summed E-state index contributed by atoms with van der Waals surface area (Å²) in [5, 5.41) is 1.63. The van der Waals surface area contributed by atoms with Crippen molar-refractivity contribution in [2.75, 3.05) is 7.05 Å². The van der Waals surface area contributed by atoms with Gasteiger partial charge in [-0.25, -0.2) is 9.98 Å². The average Bonchev–Trinajstić information content (AvgIpc) is 2.78. The lowest BCUT2D eigenvalue weighted by atomic mass is 10.2. The van der Waals surface area contributed by atoms with Crippen LogP contribution in [-0.2, 0) is 4.79 Å². The van der Waals surface area contributed by atoms with Crippen molar-refractivity contribution >= 4 is 57.9 Å². The molecule has 0 spiro atoms. The average molecular weight is 378 g/mol. The number of halogens is 2. The van der Waals surface area contributed by atoms with Crippen LogP contribution in [0.3, 0.4) is 0 Å². The molecule has 0 aliphatic carbocycles. The van der Waals surface area contributed by atoms with E-state index in [-0.39, 0.29) is 5.91 Å². The van der Waals surface area contributed by atoms with E-state index in [0.29, 0.717) is 25.9 Å². The molecule has 24 heavy (non-hydrogen) atoms. The number of rotatable bonds is 2. The molecule has 0 N–H and O–H groups in total. The number of carbonyl (C=O) groups is 1. The highest BCUT2D eigenvalue weighted by molar-refractivity contribution is 8.18. The van der Waals surface area contributed by atoms with Gasteiger partial charge in [0.25, 0.3) is 5.91 Å². The summed E-state index contributed by atoms with van der Waals surface area (Å²) in [6, 6.07) is 10.7. The van der Waals surface area contributed by atoms with E-state index >= 15 is 0 Å². The summed E-state index contributed by atoms with van der Waals surface area (Å²) in [5.74, 6) is 0.445. The maximum Gasteiger partial charge on any atom is 0.266 e. The second-order valence-electron chi connectivity index (χ2n) is 5.17. The van der Waals surface area contributed by atoms with Crippen LogP contribution in [0.15, 0.2) is 46.3 Å². The highest BCUT2D eigenvalue weighted by Gasteiger charge is 2.30. The first-order chi connectivity index (χ1) is 11.4. The van der Waals surface area contributed by atoms with Crippen LogP contribution < -0.4 is 0 Å². The zero-order valence-electron chi connectivity index (χ0n) is 13.0. The Kier molecular flexibility index (Phi) is 4.94. The molecule has 1 aromatic heterocycles. The molecule has 0 atom stereocenters. The molecule has 1 saturated heterocycles. The van der Waals surface area contributed by atoms with Gasteiger partial charge in [0, 0.05) is 22.8 Å². The minimum Gasteiger partial charge on any atom is -0.289 e. The number of thioether (sulfide) groups is 1. The number of aliphatic imine (C=N–C) groups is 1. The maximum absolute atomic E-state index is 12.4. The van der Waals surface area contributed by atoms with Gasteiger partial charge in [-0.05, 0) is 54.6 Å². The van der Waals surface area contributed by atoms with E-state index in [0.717, 1.165) is 11.3 Å². The molecular formula is C17H13Cl2N3OS. The predicted octanol–water partition coefficient (Wildman–Crippen LogP) is 4.93. The first kappa shape index (κ1) is 17.0. The summed E-state index contributed by atoms with van der Waals surface area (Å²) < 4.78 is 0. The molecule has 2 heterocycles. The number of hydrogen-bond donors (Lipinski definition) is 0. The monoisotopic (exact) mass is 377 g/mol. The Bertz CT molecular complexity index is 880. The lowest BCUT2D eigenvalue weighted by Gasteiger charge is -2.06. The fourth-order valence-corrected chi connectivity index (χ4v) is 3.53. The number of amides is 1. The second-order valence-corrected chi connectivity index (χ2v) is 7.02. The van der Waals surface area contributed by atoms with Gasteiger partial charge in [-0.3, -0.25) is 9.69 Å². The fourth-order valence-electron chi connectivity index (χ4n) is 2.10. The van der Waals surface area contributed by atoms with E-state index in [1.165, 1.54) is 16.7 Å². The fraction of sp³-hybridized carbons (Fsp3) is 0.118. The largest absolute Gasteiger partial charge is 0.289 e. The van der Waals surface area contributed by atoms with Gasteiger partial charge >= 0.3 is 0 Å². The SMILES string of the molecule is Cc1cccc(/N=C2/S/C(=C\c3ccc(Cl)cc3Cl)C(=O)N2C)n1. The highest BCUT2D eigenvalue weighted by Crippen LogP contribution is 2.34. The smallest absolute Gasteiger partial charge is 0.266 e. The molecule has 1 aromatic carbocycles. The van der Waals surface area contributed by atoms with Gasteiger partial charge in [0.05, 0.1) is 4.91 Å². The minimum atomic E-state index is -0.127. The summed E-state index contributed by atoms with van der Waals surface area (Å²) in [7, 11) is 1.69. The number of likely N-dealkylation sites (N-methyl/N-ethyl adjacent to an activating group) is 1. The quantitative estimate of drug-likeness (QED) is 0.696. The molecule has 0 bridgehead atoms. The van der Waals surface area contributed by atoms with Gasteiger partial charge in [0.1, 0.15) is 0 Å². The third kappa shape index (κ3) is 3.64. The summed E-state index contributed by atoms with van der Waals surface area (Å²) in [4.78, 5) is 23.3. The highest BCUT2D eigenvalue weighted by atomic mass is 35.5. The molecule has 1 aliphatic rings. The van der Waals surface area contributed by atoms with Crippen LogP contribution in [0, 0.1) is 6.92 Å². The molecule has 122 valence electrons. The van der Waals surface area contributed by atoms with Crippen LogP contribution in [0.2, 0.25) is 10.0 Å².